The Balaban J connectivity index is 1.20. The zero-order valence-electron chi connectivity index (χ0n) is 31.9. The molecule has 9 aromatic rings. The van der Waals surface area contributed by atoms with Gasteiger partial charge in [0.15, 0.2) is 0 Å². The summed E-state index contributed by atoms with van der Waals surface area (Å²) in [5.74, 6) is 0. The van der Waals surface area contributed by atoms with E-state index >= 15 is 0 Å². The lowest BCUT2D eigenvalue weighted by atomic mass is 9.40. The average Bonchev–Trinajstić information content (AvgIpc) is 3.73. The molecule has 0 saturated heterocycles. The van der Waals surface area contributed by atoms with E-state index in [1.807, 2.05) is 0 Å². The minimum atomic E-state index is -0.230. The quantitative estimate of drug-likeness (QED) is 0.164. The zero-order chi connectivity index (χ0) is 37.8. The first-order chi connectivity index (χ1) is 28.1. The fourth-order valence-electron chi connectivity index (χ4n) is 10.5. The number of hydrogen-bond donors (Lipinski definition) is 0. The molecule has 0 spiro atoms. The molecule has 8 aromatic carbocycles. The van der Waals surface area contributed by atoms with Crippen molar-refractivity contribution in [3.05, 3.63) is 211 Å². The predicted octanol–water partition coefficient (Wildman–Crippen LogP) is 13.1. The molecule has 0 unspecified atom stereocenters. The van der Waals surface area contributed by atoms with Crippen LogP contribution in [0.5, 0.6) is 0 Å². The summed E-state index contributed by atoms with van der Waals surface area (Å²) < 4.78 is 2.72. The minimum absolute atomic E-state index is 0.0134. The smallest absolute Gasteiger partial charge is 0.329 e. The molecule has 1 aromatic heterocycles. The van der Waals surface area contributed by atoms with Gasteiger partial charge in [-0.15, -0.1) is 0 Å². The summed E-state index contributed by atoms with van der Waals surface area (Å²) in [5, 5.41) is 2.53. The number of aromatic nitrogens is 1. The number of rotatable bonds is 5. The highest BCUT2D eigenvalue weighted by Crippen LogP contribution is 2.57. The summed E-state index contributed by atoms with van der Waals surface area (Å²) in [4.78, 5) is 5.04. The van der Waals surface area contributed by atoms with Crippen LogP contribution in [0.3, 0.4) is 0 Å². The standard InChI is InChI=1S/C53H38BN3/c1-53(2)43-30-14-12-26-41(43)51-52(53)54-49-39(27-17-34-47(49)56(51)37-23-10-5-11-24-37)40-28-16-29-42-48-45(32-18-33-46(48)57(54)50(40)42)55(36-21-8-4-9-22-36)44-31-15-13-25-38(44)35-19-6-3-7-20-35/h3-34H,1-2H3. The lowest BCUT2D eigenvalue weighted by Crippen LogP contribution is -2.52. The number of anilines is 5. The van der Waals surface area contributed by atoms with Crippen molar-refractivity contribution in [1.82, 2.24) is 4.48 Å². The molecule has 2 aliphatic heterocycles. The molecule has 0 amide bonds. The number of para-hydroxylation sites is 4. The van der Waals surface area contributed by atoms with Gasteiger partial charge in [0.25, 0.3) is 0 Å². The maximum absolute atomic E-state index is 2.72. The van der Waals surface area contributed by atoms with Crippen LogP contribution in [0.2, 0.25) is 0 Å². The van der Waals surface area contributed by atoms with Gasteiger partial charge >= 0.3 is 6.85 Å². The first-order valence-corrected chi connectivity index (χ1v) is 20.0. The van der Waals surface area contributed by atoms with E-state index in [0.29, 0.717) is 0 Å². The monoisotopic (exact) mass is 727 g/mol. The number of benzene rings is 8. The highest BCUT2D eigenvalue weighted by atomic mass is 15.2. The van der Waals surface area contributed by atoms with Crippen LogP contribution in [0.25, 0.3) is 49.8 Å². The summed E-state index contributed by atoms with van der Waals surface area (Å²) >= 11 is 0. The Morgan fingerprint density at radius 1 is 0.509 bits per heavy atom. The van der Waals surface area contributed by atoms with Crippen molar-refractivity contribution in [2.75, 3.05) is 9.80 Å². The van der Waals surface area contributed by atoms with E-state index in [1.165, 1.54) is 88.9 Å². The molecule has 0 atom stereocenters. The average molecular weight is 728 g/mol. The van der Waals surface area contributed by atoms with Crippen molar-refractivity contribution in [2.24, 2.45) is 0 Å². The Labute approximate surface area is 333 Å². The van der Waals surface area contributed by atoms with Gasteiger partial charge in [-0.1, -0.05) is 159 Å². The number of hydrogen-bond acceptors (Lipinski definition) is 2. The summed E-state index contributed by atoms with van der Waals surface area (Å²) in [5.41, 5.74) is 20.0. The molecule has 0 N–H and O–H groups in total. The van der Waals surface area contributed by atoms with E-state index < -0.39 is 0 Å². The predicted molar refractivity (Wildman–Crippen MR) is 241 cm³/mol. The second-order valence-corrected chi connectivity index (χ2v) is 16.0. The van der Waals surface area contributed by atoms with E-state index in [1.54, 1.807) is 0 Å². The molecule has 3 aliphatic rings. The third kappa shape index (κ3) is 4.38. The highest BCUT2D eigenvalue weighted by molar-refractivity contribution is 6.85. The van der Waals surface area contributed by atoms with Crippen LogP contribution in [-0.2, 0) is 5.41 Å². The van der Waals surface area contributed by atoms with Crippen LogP contribution >= 0.6 is 0 Å². The molecule has 3 heterocycles. The second kappa shape index (κ2) is 12.0. The SMILES string of the molecule is CC1(C)C2=C(c3ccccc31)N(c1ccccc1)c1cccc3c1B2n1c2cccc(N(c4ccccc4)c4ccccc4-c4ccccc4)c2c2cccc-3c21. The maximum atomic E-state index is 2.72. The molecule has 0 saturated carbocycles. The number of allylic oxidation sites excluding steroid dienone is 1. The minimum Gasteiger partial charge on any atom is -0.375 e. The second-order valence-electron chi connectivity index (χ2n) is 16.0. The van der Waals surface area contributed by atoms with E-state index in [-0.39, 0.29) is 12.3 Å². The Hall–Kier alpha value is -7.04. The topological polar surface area (TPSA) is 11.4 Å². The van der Waals surface area contributed by atoms with Gasteiger partial charge in [-0.25, -0.2) is 0 Å². The fraction of sp³-hybridized carbons (Fsp3) is 0.0566. The van der Waals surface area contributed by atoms with Gasteiger partial charge in [-0.3, -0.25) is 0 Å². The number of nitrogens with zero attached hydrogens (tertiary/aromatic N) is 3. The highest BCUT2D eigenvalue weighted by Gasteiger charge is 2.52. The van der Waals surface area contributed by atoms with Gasteiger partial charge in [-0.05, 0) is 76.2 Å². The molecule has 0 fully saturated rings. The van der Waals surface area contributed by atoms with Crippen molar-refractivity contribution in [3.63, 3.8) is 0 Å². The van der Waals surface area contributed by atoms with Gasteiger partial charge in [0, 0.05) is 66.7 Å². The molecule has 57 heavy (non-hydrogen) atoms. The zero-order valence-corrected chi connectivity index (χ0v) is 31.9. The van der Waals surface area contributed by atoms with Gasteiger partial charge in [0.1, 0.15) is 0 Å². The van der Waals surface area contributed by atoms with Gasteiger partial charge in [0.2, 0.25) is 0 Å². The number of fused-ring (bicyclic) bond motifs is 8. The van der Waals surface area contributed by atoms with E-state index in [0.717, 1.165) is 11.4 Å². The van der Waals surface area contributed by atoms with Crippen LogP contribution < -0.4 is 15.3 Å². The summed E-state index contributed by atoms with van der Waals surface area (Å²) in [6, 6.07) is 71.4. The first kappa shape index (κ1) is 32.2. The van der Waals surface area contributed by atoms with Crippen LogP contribution in [0.4, 0.5) is 28.4 Å². The molecule has 268 valence electrons. The van der Waals surface area contributed by atoms with Crippen LogP contribution in [0.1, 0.15) is 25.0 Å². The van der Waals surface area contributed by atoms with Crippen LogP contribution in [-0.4, -0.2) is 11.3 Å². The summed E-state index contributed by atoms with van der Waals surface area (Å²) in [6.45, 7) is 4.87. The van der Waals surface area contributed by atoms with E-state index in [2.05, 4.69) is 222 Å². The molecule has 12 rings (SSSR count). The van der Waals surface area contributed by atoms with Crippen LogP contribution in [0, 0.1) is 0 Å². The van der Waals surface area contributed by atoms with Gasteiger partial charge in [0.05, 0.1) is 11.4 Å². The van der Waals surface area contributed by atoms with Gasteiger partial charge < -0.3 is 14.3 Å². The molecule has 0 radical (unpaired) electrons. The lowest BCUT2D eigenvalue weighted by Gasteiger charge is -2.42. The molecule has 1 aliphatic carbocycles. The third-order valence-electron chi connectivity index (χ3n) is 12.8. The Bertz CT molecular complexity index is 3110. The van der Waals surface area contributed by atoms with Crippen molar-refractivity contribution < 1.29 is 0 Å². The summed E-state index contributed by atoms with van der Waals surface area (Å²) in [7, 11) is 0. The van der Waals surface area contributed by atoms with Crippen molar-refractivity contribution >= 4 is 68.3 Å². The van der Waals surface area contributed by atoms with Crippen molar-refractivity contribution in [3.8, 4) is 22.3 Å². The molecule has 3 nitrogen and oxygen atoms in total. The van der Waals surface area contributed by atoms with Gasteiger partial charge in [-0.2, -0.15) is 0 Å². The fourth-order valence-corrected chi connectivity index (χ4v) is 10.5. The normalized spacial score (nSPS) is 14.5. The molecular formula is C53H38BN3. The Morgan fingerprint density at radius 2 is 1.12 bits per heavy atom. The molecular weight excluding hydrogens is 689 g/mol. The summed E-state index contributed by atoms with van der Waals surface area (Å²) in [6.07, 6.45) is 0. The maximum Gasteiger partial charge on any atom is 0.329 e. The van der Waals surface area contributed by atoms with Crippen molar-refractivity contribution in [2.45, 2.75) is 19.3 Å². The lowest BCUT2D eigenvalue weighted by molar-refractivity contribution is 0.663. The van der Waals surface area contributed by atoms with Crippen LogP contribution in [0.15, 0.2) is 200 Å². The largest absolute Gasteiger partial charge is 0.375 e. The Morgan fingerprint density at radius 3 is 1.93 bits per heavy atom. The van der Waals surface area contributed by atoms with E-state index in [9.17, 15) is 0 Å². The van der Waals surface area contributed by atoms with E-state index in [4.69, 9.17) is 0 Å². The third-order valence-corrected chi connectivity index (χ3v) is 12.8. The molecule has 0 bridgehead atoms. The first-order valence-electron chi connectivity index (χ1n) is 20.0. The van der Waals surface area contributed by atoms with Crippen molar-refractivity contribution in [1.29, 1.82) is 0 Å². The molecule has 4 heteroatoms. The Kier molecular flexibility index (Phi) is 6.77.